The molecule has 4 rings (SSSR count). The van der Waals surface area contributed by atoms with Gasteiger partial charge in [0.15, 0.2) is 5.82 Å². The first-order valence-electron chi connectivity index (χ1n) is 10.1. The predicted octanol–water partition coefficient (Wildman–Crippen LogP) is 2.82. The van der Waals surface area contributed by atoms with E-state index in [1.807, 2.05) is 49.5 Å². The second-order valence-electron chi connectivity index (χ2n) is 7.72. The summed E-state index contributed by atoms with van der Waals surface area (Å²) in [5.41, 5.74) is 3.44. The van der Waals surface area contributed by atoms with E-state index in [4.69, 9.17) is 0 Å². The number of hydrogen-bond acceptors (Lipinski definition) is 4. The molecule has 2 aromatic heterocycles. The summed E-state index contributed by atoms with van der Waals surface area (Å²) in [6.45, 7) is 3.71. The lowest BCUT2D eigenvalue weighted by molar-refractivity contribution is -0.128. The third-order valence-electron chi connectivity index (χ3n) is 5.35. The van der Waals surface area contributed by atoms with Crippen LogP contribution in [0.25, 0.3) is 0 Å². The third-order valence-corrected chi connectivity index (χ3v) is 5.35. The molecule has 0 aliphatic carbocycles. The molecule has 1 unspecified atom stereocenters. The molecular weight excluding hydrogens is 378 g/mol. The van der Waals surface area contributed by atoms with Gasteiger partial charge in [-0.25, -0.2) is 0 Å². The maximum absolute atomic E-state index is 12.6. The zero-order valence-electron chi connectivity index (χ0n) is 17.0. The lowest BCUT2D eigenvalue weighted by Crippen LogP contribution is -2.28. The molecular formula is C23H25N5O2. The molecule has 0 spiro atoms. The SMILES string of the molecule is Cc1ccc(CN2CC(C(=O)Nc3ccn(CCc4ccncc4)n3)CC2=O)cc1. The van der Waals surface area contributed by atoms with E-state index in [9.17, 15) is 9.59 Å². The molecule has 3 heterocycles. The highest BCUT2D eigenvalue weighted by molar-refractivity contribution is 5.96. The fraction of sp³-hybridized carbons (Fsp3) is 0.304. The van der Waals surface area contributed by atoms with Gasteiger partial charge in [0, 0.05) is 50.7 Å². The molecule has 1 saturated heterocycles. The van der Waals surface area contributed by atoms with Crippen molar-refractivity contribution >= 4 is 17.6 Å². The van der Waals surface area contributed by atoms with E-state index in [1.165, 1.54) is 11.1 Å². The van der Waals surface area contributed by atoms with Crippen LogP contribution in [0, 0.1) is 12.8 Å². The van der Waals surface area contributed by atoms with Crippen molar-refractivity contribution in [3.63, 3.8) is 0 Å². The van der Waals surface area contributed by atoms with E-state index in [-0.39, 0.29) is 24.2 Å². The Morgan fingerprint density at radius 1 is 1.10 bits per heavy atom. The first kappa shape index (κ1) is 19.8. The molecule has 0 saturated carbocycles. The van der Waals surface area contributed by atoms with Gasteiger partial charge in [0.1, 0.15) is 0 Å². The van der Waals surface area contributed by atoms with Crippen LogP contribution in [0.1, 0.15) is 23.1 Å². The lowest BCUT2D eigenvalue weighted by atomic mass is 10.1. The average molecular weight is 403 g/mol. The average Bonchev–Trinajstić information content (AvgIpc) is 3.35. The monoisotopic (exact) mass is 403 g/mol. The van der Waals surface area contributed by atoms with Crippen molar-refractivity contribution in [1.82, 2.24) is 19.7 Å². The van der Waals surface area contributed by atoms with E-state index >= 15 is 0 Å². The largest absolute Gasteiger partial charge is 0.338 e. The Morgan fingerprint density at radius 2 is 1.87 bits per heavy atom. The molecule has 0 bridgehead atoms. The zero-order valence-corrected chi connectivity index (χ0v) is 17.0. The van der Waals surface area contributed by atoms with Gasteiger partial charge in [0.25, 0.3) is 0 Å². The summed E-state index contributed by atoms with van der Waals surface area (Å²) in [5.74, 6) is 0.0109. The summed E-state index contributed by atoms with van der Waals surface area (Å²) in [6, 6.07) is 13.8. The van der Waals surface area contributed by atoms with Gasteiger partial charge >= 0.3 is 0 Å². The van der Waals surface area contributed by atoms with Crippen LogP contribution in [0.3, 0.4) is 0 Å². The number of nitrogens with one attached hydrogen (secondary N) is 1. The Labute approximate surface area is 175 Å². The number of likely N-dealkylation sites (tertiary alicyclic amines) is 1. The minimum Gasteiger partial charge on any atom is -0.338 e. The number of rotatable bonds is 7. The van der Waals surface area contributed by atoms with Gasteiger partial charge in [0.2, 0.25) is 11.8 Å². The number of aromatic nitrogens is 3. The summed E-state index contributed by atoms with van der Waals surface area (Å²) in [5, 5.41) is 7.28. The van der Waals surface area contributed by atoms with Crippen LogP contribution >= 0.6 is 0 Å². The summed E-state index contributed by atoms with van der Waals surface area (Å²) in [6.07, 6.45) is 6.47. The van der Waals surface area contributed by atoms with Gasteiger partial charge in [-0.2, -0.15) is 5.10 Å². The molecule has 1 N–H and O–H groups in total. The standard InChI is InChI=1S/C23H25N5O2/c1-17-2-4-19(5-3-17)15-27-16-20(14-22(27)29)23(30)25-21-9-13-28(26-21)12-8-18-6-10-24-11-7-18/h2-7,9-11,13,20H,8,12,14-16H2,1H3,(H,25,26,30). The fourth-order valence-corrected chi connectivity index (χ4v) is 3.59. The normalized spacial score (nSPS) is 16.1. The van der Waals surface area contributed by atoms with Crippen molar-refractivity contribution < 1.29 is 9.59 Å². The zero-order chi connectivity index (χ0) is 20.9. The summed E-state index contributed by atoms with van der Waals surface area (Å²) >= 11 is 0. The highest BCUT2D eigenvalue weighted by Crippen LogP contribution is 2.22. The number of pyridine rings is 1. The van der Waals surface area contributed by atoms with Crippen LogP contribution in [0.4, 0.5) is 5.82 Å². The van der Waals surface area contributed by atoms with Gasteiger partial charge in [-0.15, -0.1) is 0 Å². The van der Waals surface area contributed by atoms with Crippen molar-refractivity contribution in [2.24, 2.45) is 5.92 Å². The second kappa shape index (κ2) is 8.90. The van der Waals surface area contributed by atoms with Crippen LogP contribution in [-0.4, -0.2) is 38.0 Å². The summed E-state index contributed by atoms with van der Waals surface area (Å²) in [4.78, 5) is 30.8. The quantitative estimate of drug-likeness (QED) is 0.658. The fourth-order valence-electron chi connectivity index (χ4n) is 3.59. The van der Waals surface area contributed by atoms with Crippen molar-refractivity contribution in [3.8, 4) is 0 Å². The van der Waals surface area contributed by atoms with Crippen molar-refractivity contribution in [1.29, 1.82) is 0 Å². The Hall–Kier alpha value is -3.48. The van der Waals surface area contributed by atoms with Gasteiger partial charge in [-0.1, -0.05) is 29.8 Å². The third kappa shape index (κ3) is 4.92. The van der Waals surface area contributed by atoms with E-state index in [0.29, 0.717) is 25.5 Å². The smallest absolute Gasteiger partial charge is 0.230 e. The maximum atomic E-state index is 12.6. The lowest BCUT2D eigenvalue weighted by Gasteiger charge is -2.16. The van der Waals surface area contributed by atoms with E-state index in [2.05, 4.69) is 15.4 Å². The van der Waals surface area contributed by atoms with Crippen molar-refractivity contribution in [3.05, 3.63) is 77.7 Å². The van der Waals surface area contributed by atoms with Crippen LogP contribution in [0.5, 0.6) is 0 Å². The second-order valence-corrected chi connectivity index (χ2v) is 7.72. The number of carbonyl (C=O) groups is 2. The molecule has 30 heavy (non-hydrogen) atoms. The molecule has 1 aromatic carbocycles. The maximum Gasteiger partial charge on any atom is 0.230 e. The Morgan fingerprint density at radius 3 is 2.63 bits per heavy atom. The molecule has 1 aliphatic rings. The topological polar surface area (TPSA) is 80.1 Å². The molecule has 0 radical (unpaired) electrons. The first-order chi connectivity index (χ1) is 14.6. The number of carbonyl (C=O) groups excluding carboxylic acids is 2. The van der Waals surface area contributed by atoms with E-state index < -0.39 is 0 Å². The highest BCUT2D eigenvalue weighted by atomic mass is 16.2. The Kier molecular flexibility index (Phi) is 5.88. The Bertz CT molecular complexity index is 1010. The van der Waals surface area contributed by atoms with Crippen LogP contribution in [0.15, 0.2) is 61.1 Å². The minimum atomic E-state index is -0.357. The van der Waals surface area contributed by atoms with Gasteiger partial charge in [-0.3, -0.25) is 19.3 Å². The molecule has 1 fully saturated rings. The van der Waals surface area contributed by atoms with Crippen LogP contribution in [-0.2, 0) is 29.1 Å². The molecule has 1 atom stereocenters. The molecule has 2 amide bonds. The summed E-state index contributed by atoms with van der Waals surface area (Å²) < 4.78 is 1.81. The van der Waals surface area contributed by atoms with Gasteiger partial charge in [-0.05, 0) is 36.6 Å². The number of anilines is 1. The van der Waals surface area contributed by atoms with Gasteiger partial charge in [0.05, 0.1) is 5.92 Å². The van der Waals surface area contributed by atoms with E-state index in [0.717, 1.165) is 12.0 Å². The van der Waals surface area contributed by atoms with E-state index in [1.54, 1.807) is 28.0 Å². The van der Waals surface area contributed by atoms with Crippen molar-refractivity contribution in [2.45, 2.75) is 32.9 Å². The number of nitrogens with zero attached hydrogens (tertiary/aromatic N) is 4. The number of benzene rings is 1. The number of amides is 2. The van der Waals surface area contributed by atoms with Crippen molar-refractivity contribution in [2.75, 3.05) is 11.9 Å². The highest BCUT2D eigenvalue weighted by Gasteiger charge is 2.34. The van der Waals surface area contributed by atoms with Crippen LogP contribution < -0.4 is 5.32 Å². The predicted molar refractivity (Wildman–Crippen MR) is 114 cm³/mol. The molecule has 3 aromatic rings. The molecule has 7 nitrogen and oxygen atoms in total. The van der Waals surface area contributed by atoms with Gasteiger partial charge < -0.3 is 10.2 Å². The minimum absolute atomic E-state index is 0.0126. The number of aryl methyl sites for hydroxylation is 3. The van der Waals surface area contributed by atoms with Crippen LogP contribution in [0.2, 0.25) is 0 Å². The molecule has 7 heteroatoms. The Balaban J connectivity index is 1.29. The number of hydrogen-bond donors (Lipinski definition) is 1. The summed E-state index contributed by atoms with van der Waals surface area (Å²) in [7, 11) is 0. The molecule has 1 aliphatic heterocycles. The first-order valence-corrected chi connectivity index (χ1v) is 10.1. The molecule has 154 valence electrons.